The molecule has 0 unspecified atom stereocenters. The van der Waals surface area contributed by atoms with Crippen molar-refractivity contribution < 1.29 is 8.78 Å². The van der Waals surface area contributed by atoms with E-state index in [1.165, 1.54) is 56.7 Å². The highest BCUT2D eigenvalue weighted by molar-refractivity contribution is 5.48. The van der Waals surface area contributed by atoms with Crippen LogP contribution in [0.1, 0.15) is 72.4 Å². The summed E-state index contributed by atoms with van der Waals surface area (Å²) >= 11 is 0. The van der Waals surface area contributed by atoms with Crippen LogP contribution in [-0.4, -0.2) is 0 Å². The topological polar surface area (TPSA) is 0 Å². The molecule has 0 radical (unpaired) electrons. The molecular weight excluding hydrogens is 398 g/mol. The Labute approximate surface area is 190 Å². The van der Waals surface area contributed by atoms with E-state index in [4.69, 9.17) is 0 Å². The fourth-order valence-corrected chi connectivity index (χ4v) is 3.35. The third kappa shape index (κ3) is 6.83. The van der Waals surface area contributed by atoms with E-state index in [-0.39, 0.29) is 11.1 Å². The summed E-state index contributed by atoms with van der Waals surface area (Å²) in [6, 6.07) is 18.9. The molecule has 162 valence electrons. The number of benzene rings is 3. The predicted octanol–water partition coefficient (Wildman–Crippen LogP) is 7.59. The first-order chi connectivity index (χ1) is 15.6. The highest BCUT2D eigenvalue weighted by Crippen LogP contribution is 2.15. The van der Waals surface area contributed by atoms with E-state index >= 15 is 0 Å². The zero-order chi connectivity index (χ0) is 22.8. The van der Waals surface area contributed by atoms with Gasteiger partial charge in [-0.3, -0.25) is 0 Å². The van der Waals surface area contributed by atoms with Crippen molar-refractivity contribution in [3.8, 4) is 23.7 Å². The van der Waals surface area contributed by atoms with E-state index in [1.54, 1.807) is 0 Å². The minimum Gasteiger partial charge on any atom is -0.203 e. The second-order valence-electron chi connectivity index (χ2n) is 8.00. The van der Waals surface area contributed by atoms with Gasteiger partial charge in [0.1, 0.15) is 0 Å². The van der Waals surface area contributed by atoms with Crippen molar-refractivity contribution in [1.82, 2.24) is 0 Å². The van der Waals surface area contributed by atoms with Crippen molar-refractivity contribution in [2.24, 2.45) is 0 Å². The molecule has 0 saturated heterocycles. The molecule has 3 rings (SSSR count). The summed E-state index contributed by atoms with van der Waals surface area (Å²) in [6.07, 6.45) is 7.59. The Bertz CT molecular complexity index is 1150. The number of hydrogen-bond donors (Lipinski definition) is 0. The summed E-state index contributed by atoms with van der Waals surface area (Å²) in [7, 11) is 0. The maximum absolute atomic E-state index is 13.9. The Morgan fingerprint density at radius 2 is 1.12 bits per heavy atom. The summed E-state index contributed by atoms with van der Waals surface area (Å²) in [4.78, 5) is 0. The molecule has 0 N–H and O–H groups in total. The lowest BCUT2D eigenvalue weighted by atomic mass is 10.0. The lowest BCUT2D eigenvalue weighted by Gasteiger charge is -2.01. The Morgan fingerprint density at radius 1 is 0.594 bits per heavy atom. The molecule has 0 fully saturated rings. The van der Waals surface area contributed by atoms with Crippen LogP contribution in [0.2, 0.25) is 0 Å². The molecule has 0 aromatic heterocycles. The minimum absolute atomic E-state index is 0.0568. The number of aryl methyl sites for hydroxylation is 2. The first-order valence-electron chi connectivity index (χ1n) is 11.2. The molecule has 0 bridgehead atoms. The first kappa shape index (κ1) is 23.3. The second-order valence-corrected chi connectivity index (χ2v) is 8.00. The normalized spacial score (nSPS) is 10.1. The van der Waals surface area contributed by atoms with E-state index in [2.05, 4.69) is 54.9 Å². The Kier molecular flexibility index (Phi) is 8.65. The summed E-state index contributed by atoms with van der Waals surface area (Å²) in [5, 5.41) is 0. The fourth-order valence-electron chi connectivity index (χ4n) is 3.35. The van der Waals surface area contributed by atoms with Gasteiger partial charge in [0, 0.05) is 16.7 Å². The molecule has 0 aliphatic heterocycles. The maximum atomic E-state index is 13.9. The van der Waals surface area contributed by atoms with Gasteiger partial charge in [-0.05, 0) is 73.4 Å². The summed E-state index contributed by atoms with van der Waals surface area (Å²) in [5.41, 5.74) is 4.28. The van der Waals surface area contributed by atoms with Gasteiger partial charge in [0.05, 0.1) is 5.56 Å². The van der Waals surface area contributed by atoms with Gasteiger partial charge in [0.25, 0.3) is 0 Å². The van der Waals surface area contributed by atoms with Gasteiger partial charge < -0.3 is 0 Å². The van der Waals surface area contributed by atoms with Crippen LogP contribution in [0.5, 0.6) is 0 Å². The average Bonchev–Trinajstić information content (AvgIpc) is 2.82. The molecule has 32 heavy (non-hydrogen) atoms. The molecule has 0 heterocycles. The molecule has 0 aliphatic rings. The number of halogens is 2. The van der Waals surface area contributed by atoms with Crippen LogP contribution in [-0.2, 0) is 6.42 Å². The SMILES string of the molecule is CCCCCCCc1ccc(C#Cc2ccc(C#Cc3ccc(C)c(F)c3F)cc2)cc1. The van der Waals surface area contributed by atoms with E-state index in [0.717, 1.165) is 23.1 Å². The Hall–Kier alpha value is -3.36. The Morgan fingerprint density at radius 3 is 1.72 bits per heavy atom. The zero-order valence-corrected chi connectivity index (χ0v) is 18.8. The molecule has 0 saturated carbocycles. The second kappa shape index (κ2) is 11.9. The minimum atomic E-state index is -0.900. The van der Waals surface area contributed by atoms with Crippen molar-refractivity contribution in [3.63, 3.8) is 0 Å². The summed E-state index contributed by atoms with van der Waals surface area (Å²) in [6.45, 7) is 3.76. The van der Waals surface area contributed by atoms with Crippen LogP contribution >= 0.6 is 0 Å². The average molecular weight is 427 g/mol. The molecule has 2 heteroatoms. The quantitative estimate of drug-likeness (QED) is 0.281. The van der Waals surface area contributed by atoms with Crippen LogP contribution in [0.4, 0.5) is 8.78 Å². The molecular formula is C30H28F2. The first-order valence-corrected chi connectivity index (χ1v) is 11.2. The fraction of sp³-hybridized carbons (Fsp3) is 0.267. The molecule has 3 aromatic carbocycles. The van der Waals surface area contributed by atoms with Crippen LogP contribution in [0, 0.1) is 42.2 Å². The molecule has 0 atom stereocenters. The van der Waals surface area contributed by atoms with Gasteiger partial charge in [0.15, 0.2) is 11.6 Å². The highest BCUT2D eigenvalue weighted by atomic mass is 19.2. The van der Waals surface area contributed by atoms with Crippen LogP contribution in [0.3, 0.4) is 0 Å². The number of rotatable bonds is 6. The maximum Gasteiger partial charge on any atom is 0.174 e. The molecule has 0 nitrogen and oxygen atoms in total. The number of hydrogen-bond acceptors (Lipinski definition) is 0. The smallest absolute Gasteiger partial charge is 0.174 e. The van der Waals surface area contributed by atoms with E-state index in [0.29, 0.717) is 0 Å². The van der Waals surface area contributed by atoms with E-state index < -0.39 is 11.6 Å². The van der Waals surface area contributed by atoms with Crippen LogP contribution in [0.15, 0.2) is 60.7 Å². The Balaban J connectivity index is 1.59. The summed E-state index contributed by atoms with van der Waals surface area (Å²) < 4.78 is 27.6. The standard InChI is InChI=1S/C30H28F2/c1-3-4-5-6-7-8-24-10-12-25(13-11-24)14-15-26-16-18-27(19-17-26)20-22-28-21-9-23(2)29(31)30(28)32/h9-13,16-19,21H,3-8H2,1-2H3. The predicted molar refractivity (Wildman–Crippen MR) is 128 cm³/mol. The lowest BCUT2D eigenvalue weighted by molar-refractivity contribution is 0.501. The zero-order valence-electron chi connectivity index (χ0n) is 18.8. The van der Waals surface area contributed by atoms with Gasteiger partial charge in [-0.25, -0.2) is 8.78 Å². The highest BCUT2D eigenvalue weighted by Gasteiger charge is 2.08. The largest absolute Gasteiger partial charge is 0.203 e. The summed E-state index contributed by atoms with van der Waals surface area (Å²) in [5.74, 6) is 10.2. The van der Waals surface area contributed by atoms with Crippen molar-refractivity contribution in [2.75, 3.05) is 0 Å². The third-order valence-electron chi connectivity index (χ3n) is 5.38. The van der Waals surface area contributed by atoms with Crippen molar-refractivity contribution >= 4 is 0 Å². The van der Waals surface area contributed by atoms with Crippen molar-refractivity contribution in [1.29, 1.82) is 0 Å². The van der Waals surface area contributed by atoms with Crippen molar-refractivity contribution in [2.45, 2.75) is 52.4 Å². The molecule has 0 spiro atoms. The van der Waals surface area contributed by atoms with Gasteiger partial charge >= 0.3 is 0 Å². The third-order valence-corrected chi connectivity index (χ3v) is 5.38. The molecule has 0 aliphatic carbocycles. The van der Waals surface area contributed by atoms with Crippen molar-refractivity contribution in [3.05, 3.63) is 106 Å². The van der Waals surface area contributed by atoms with Gasteiger partial charge in [-0.1, -0.05) is 74.5 Å². The van der Waals surface area contributed by atoms with Gasteiger partial charge in [-0.2, -0.15) is 0 Å². The van der Waals surface area contributed by atoms with Crippen LogP contribution < -0.4 is 0 Å². The monoisotopic (exact) mass is 426 g/mol. The molecule has 3 aromatic rings. The molecule has 0 amide bonds. The number of unbranched alkanes of at least 4 members (excludes halogenated alkanes) is 4. The van der Waals surface area contributed by atoms with Gasteiger partial charge in [-0.15, -0.1) is 0 Å². The van der Waals surface area contributed by atoms with Gasteiger partial charge in [0.2, 0.25) is 0 Å². The lowest BCUT2D eigenvalue weighted by Crippen LogP contribution is -1.92. The van der Waals surface area contributed by atoms with E-state index in [1.807, 2.05) is 24.3 Å². The van der Waals surface area contributed by atoms with E-state index in [9.17, 15) is 8.78 Å². The van der Waals surface area contributed by atoms with Crippen LogP contribution in [0.25, 0.3) is 0 Å².